The molecular weight excluding hydrogens is 666 g/mol. The van der Waals surface area contributed by atoms with Crippen LogP contribution in [0, 0.1) is 0 Å². The van der Waals surface area contributed by atoms with Crippen molar-refractivity contribution in [3.63, 3.8) is 0 Å². The van der Waals surface area contributed by atoms with E-state index in [-0.39, 0.29) is 11.1 Å². The summed E-state index contributed by atoms with van der Waals surface area (Å²) in [5.74, 6) is -1.56. The molecule has 12 heteroatoms. The lowest BCUT2D eigenvalue weighted by atomic mass is 9.97. The molecule has 0 saturated carbocycles. The third kappa shape index (κ3) is 6.14. The Morgan fingerprint density at radius 2 is 0.846 bits per heavy atom. The lowest BCUT2D eigenvalue weighted by Crippen LogP contribution is -2.56. The second-order valence-corrected chi connectivity index (χ2v) is 12.4. The molecule has 7 aromatic rings. The van der Waals surface area contributed by atoms with Crippen LogP contribution in [0.25, 0.3) is 43.1 Å². The Labute approximate surface area is 294 Å². The van der Waals surface area contributed by atoms with Gasteiger partial charge in [0.15, 0.2) is 0 Å². The Balaban J connectivity index is 1.18. The molecule has 0 spiro atoms. The highest BCUT2D eigenvalue weighted by molar-refractivity contribution is 6.17. The zero-order valence-corrected chi connectivity index (χ0v) is 28.0. The van der Waals surface area contributed by atoms with Gasteiger partial charge in [0.2, 0.25) is 0 Å². The van der Waals surface area contributed by atoms with E-state index in [1.54, 1.807) is 48.5 Å². The molecule has 6 aromatic carbocycles. The Kier molecular flexibility index (Phi) is 9.24. The topological polar surface area (TPSA) is 159 Å². The monoisotopic (exact) mass is 699 g/mol. The molecule has 2 unspecified atom stereocenters. The van der Waals surface area contributed by atoms with E-state index in [0.717, 1.165) is 28.6 Å². The zero-order chi connectivity index (χ0) is 36.5. The fourth-order valence-corrected chi connectivity index (χ4v) is 6.63. The van der Waals surface area contributed by atoms with E-state index in [4.69, 9.17) is 9.47 Å². The molecule has 0 aliphatic rings. The summed E-state index contributed by atoms with van der Waals surface area (Å²) in [5.41, 5.74) is -2.64. The smallest absolute Gasteiger partial charge is 0.339 e. The SMILES string of the molecule is Cn1c(=O)n(CC(CO)OC(=O)c2c3ccccc3cc3ccccc23)c(=O)n(CC(CO)OC(=O)c2c3ccccc3cc3ccccc23)c1=O. The van der Waals surface area contributed by atoms with Crippen LogP contribution in [0.4, 0.5) is 0 Å². The van der Waals surface area contributed by atoms with Crippen LogP contribution < -0.4 is 17.1 Å². The highest BCUT2D eigenvalue weighted by atomic mass is 16.6. The minimum atomic E-state index is -1.37. The van der Waals surface area contributed by atoms with Crippen LogP contribution in [-0.2, 0) is 29.6 Å². The van der Waals surface area contributed by atoms with Crippen molar-refractivity contribution in [2.75, 3.05) is 13.2 Å². The van der Waals surface area contributed by atoms with Gasteiger partial charge in [0.1, 0.15) is 12.2 Å². The number of rotatable bonds is 10. The summed E-state index contributed by atoms with van der Waals surface area (Å²) in [5, 5.41) is 26.2. The number of carbonyl (C=O) groups is 2. The number of hydrogen-bond donors (Lipinski definition) is 2. The fraction of sp³-hybridized carbons (Fsp3) is 0.175. The van der Waals surface area contributed by atoms with Gasteiger partial charge < -0.3 is 19.7 Å². The van der Waals surface area contributed by atoms with Gasteiger partial charge in [0, 0.05) is 7.05 Å². The summed E-state index contributed by atoms with van der Waals surface area (Å²) >= 11 is 0. The third-order valence-electron chi connectivity index (χ3n) is 9.18. The number of hydrogen-bond acceptors (Lipinski definition) is 9. The number of esters is 2. The number of aliphatic hydroxyl groups is 2. The lowest BCUT2D eigenvalue weighted by molar-refractivity contribution is 0.00593. The van der Waals surface area contributed by atoms with Crippen molar-refractivity contribution in [2.45, 2.75) is 25.3 Å². The number of nitrogens with zero attached hydrogens (tertiary/aromatic N) is 3. The third-order valence-corrected chi connectivity index (χ3v) is 9.18. The van der Waals surface area contributed by atoms with Crippen molar-refractivity contribution < 1.29 is 29.3 Å². The number of benzene rings is 6. The van der Waals surface area contributed by atoms with E-state index in [2.05, 4.69) is 0 Å². The van der Waals surface area contributed by atoms with Crippen LogP contribution in [-0.4, -0.2) is 61.3 Å². The van der Waals surface area contributed by atoms with Gasteiger partial charge in [0.25, 0.3) is 0 Å². The van der Waals surface area contributed by atoms with E-state index >= 15 is 0 Å². The maximum Gasteiger partial charge on any atom is 0.339 e. The lowest BCUT2D eigenvalue weighted by Gasteiger charge is -2.21. The molecule has 2 N–H and O–H groups in total. The number of fused-ring (bicyclic) bond motifs is 4. The largest absolute Gasteiger partial charge is 0.454 e. The first-order valence-electron chi connectivity index (χ1n) is 16.6. The average Bonchev–Trinajstić information content (AvgIpc) is 3.17. The van der Waals surface area contributed by atoms with Crippen molar-refractivity contribution in [3.8, 4) is 0 Å². The molecule has 0 fully saturated rings. The zero-order valence-electron chi connectivity index (χ0n) is 28.0. The number of ether oxygens (including phenoxy) is 2. The Morgan fingerprint density at radius 3 is 1.15 bits per heavy atom. The van der Waals surface area contributed by atoms with Crippen LogP contribution in [0.1, 0.15) is 20.7 Å². The normalized spacial score (nSPS) is 12.7. The Hall–Kier alpha value is -6.37. The summed E-state index contributed by atoms with van der Waals surface area (Å²) in [6.07, 6.45) is -2.74. The second-order valence-electron chi connectivity index (χ2n) is 12.4. The van der Waals surface area contributed by atoms with E-state index < -0.39 is 67.5 Å². The Bertz CT molecular complexity index is 2420. The predicted molar refractivity (Wildman–Crippen MR) is 196 cm³/mol. The minimum Gasteiger partial charge on any atom is -0.454 e. The molecule has 2 atom stereocenters. The van der Waals surface area contributed by atoms with Gasteiger partial charge in [-0.05, 0) is 55.2 Å². The molecule has 1 aromatic heterocycles. The summed E-state index contributed by atoms with van der Waals surface area (Å²) in [6.45, 7) is -2.69. The van der Waals surface area contributed by atoms with Crippen molar-refractivity contribution in [1.29, 1.82) is 0 Å². The van der Waals surface area contributed by atoms with E-state index in [1.165, 1.54) is 0 Å². The van der Waals surface area contributed by atoms with Crippen LogP contribution in [0.3, 0.4) is 0 Å². The van der Waals surface area contributed by atoms with E-state index in [9.17, 15) is 34.2 Å². The molecular formula is C40H33N3O9. The fourth-order valence-electron chi connectivity index (χ4n) is 6.63. The number of carbonyl (C=O) groups excluding carboxylic acids is 2. The van der Waals surface area contributed by atoms with Gasteiger partial charge in [-0.25, -0.2) is 37.7 Å². The van der Waals surface area contributed by atoms with Gasteiger partial charge in [0.05, 0.1) is 37.4 Å². The van der Waals surface area contributed by atoms with E-state index in [0.29, 0.717) is 35.2 Å². The first kappa shape index (κ1) is 34.1. The molecule has 1 heterocycles. The molecule has 0 aliphatic carbocycles. The molecule has 52 heavy (non-hydrogen) atoms. The average molecular weight is 700 g/mol. The molecule has 262 valence electrons. The summed E-state index contributed by atoms with van der Waals surface area (Å²) in [6, 6.07) is 32.9. The van der Waals surface area contributed by atoms with Gasteiger partial charge in [-0.2, -0.15) is 0 Å². The van der Waals surface area contributed by atoms with Crippen LogP contribution in [0.2, 0.25) is 0 Å². The van der Waals surface area contributed by atoms with Crippen LogP contribution >= 0.6 is 0 Å². The second kappa shape index (κ2) is 14.1. The standard InChI is InChI=1S/C40H33N3O9/c1-41-38(48)42(20-28(22-44)51-36(46)34-30-14-6-2-10-24(30)18-25-11-3-7-15-31(25)34)40(50)43(39(41)49)21-29(23-45)52-37(47)35-32-16-8-4-12-26(32)19-27-13-5-9-17-33(27)35/h2-19,28-29,44-45H,20-23H2,1H3. The number of aromatic nitrogens is 3. The first-order chi connectivity index (χ1) is 25.2. The summed E-state index contributed by atoms with van der Waals surface area (Å²) in [7, 11) is 1.15. The van der Waals surface area contributed by atoms with Crippen LogP contribution in [0.15, 0.2) is 124 Å². The number of aliphatic hydroxyl groups excluding tert-OH is 2. The summed E-state index contributed by atoms with van der Waals surface area (Å²) < 4.78 is 13.4. The molecule has 12 nitrogen and oxygen atoms in total. The van der Waals surface area contributed by atoms with E-state index in [1.807, 2.05) is 60.7 Å². The highest BCUT2D eigenvalue weighted by Gasteiger charge is 2.26. The van der Waals surface area contributed by atoms with Gasteiger partial charge in [-0.1, -0.05) is 97.1 Å². The molecule has 0 amide bonds. The molecule has 0 radical (unpaired) electrons. The van der Waals surface area contributed by atoms with Crippen molar-refractivity contribution in [3.05, 3.63) is 152 Å². The maximum absolute atomic E-state index is 13.7. The van der Waals surface area contributed by atoms with Crippen molar-refractivity contribution in [2.24, 2.45) is 7.05 Å². The van der Waals surface area contributed by atoms with Crippen molar-refractivity contribution >= 4 is 55.0 Å². The molecule has 7 rings (SSSR count). The van der Waals surface area contributed by atoms with Gasteiger partial charge in [-0.3, -0.25) is 0 Å². The van der Waals surface area contributed by atoms with Gasteiger partial charge in [-0.15, -0.1) is 0 Å². The van der Waals surface area contributed by atoms with Crippen molar-refractivity contribution in [1.82, 2.24) is 13.7 Å². The summed E-state index contributed by atoms with van der Waals surface area (Å²) in [4.78, 5) is 67.7. The van der Waals surface area contributed by atoms with Crippen LogP contribution in [0.5, 0.6) is 0 Å². The maximum atomic E-state index is 13.7. The molecule has 0 aliphatic heterocycles. The quantitative estimate of drug-likeness (QED) is 0.160. The van der Waals surface area contributed by atoms with Gasteiger partial charge >= 0.3 is 29.0 Å². The first-order valence-corrected chi connectivity index (χ1v) is 16.6. The minimum absolute atomic E-state index is 0.254. The Morgan fingerprint density at radius 1 is 0.538 bits per heavy atom. The predicted octanol–water partition coefficient (Wildman–Crippen LogP) is 3.76. The molecule has 0 saturated heterocycles. The highest BCUT2D eigenvalue weighted by Crippen LogP contribution is 2.31. The molecule has 0 bridgehead atoms.